The van der Waals surface area contributed by atoms with E-state index in [0.717, 1.165) is 36.9 Å². The molecule has 0 spiro atoms. The Morgan fingerprint density at radius 1 is 0.931 bits per heavy atom. The summed E-state index contributed by atoms with van der Waals surface area (Å²) in [5.74, 6) is 0.209. The van der Waals surface area contributed by atoms with Crippen molar-refractivity contribution in [2.75, 3.05) is 52.1 Å². The second kappa shape index (κ2) is 22.7. The zero-order chi connectivity index (χ0) is 43.1. The predicted octanol–water partition coefficient (Wildman–Crippen LogP) is 5.51. The average Bonchev–Trinajstić information content (AvgIpc) is 3.18. The molecule has 2 fully saturated rings. The standard InChI is InChI=1S/C35H50ClN5O4S.2C2HF3O/c1-3-41(46(2,44)45)25-33(28-10-5-4-6-11-28)39-19-21-40(22-20-39)35(43)32(23-26-13-15-29(36)16-14-26)38-34(42)24-31-30-12-8-7-9-27(30)17-18-37-31;2*3-2(4,5)1-6/h7-9,12-16,28,31-33,37H,3-6,10-11,17-25H2,1-2H3,(H,38,42);2*1H/t31?,32-,33?;;/m1../s1. The quantitative estimate of drug-likeness (QED) is 0.211. The second-order valence-corrected chi connectivity index (χ2v) is 16.9. The number of piperazine rings is 1. The van der Waals surface area contributed by atoms with E-state index in [4.69, 9.17) is 21.2 Å². The molecule has 19 heteroatoms. The van der Waals surface area contributed by atoms with E-state index in [1.165, 1.54) is 31.1 Å². The van der Waals surface area contributed by atoms with Crippen molar-refractivity contribution < 1.29 is 53.9 Å². The summed E-state index contributed by atoms with van der Waals surface area (Å²) in [6.07, 6.45) is -2.72. The smallest absolute Gasteiger partial charge is 0.344 e. The Morgan fingerprint density at radius 2 is 1.50 bits per heavy atom. The minimum Gasteiger partial charge on any atom is -0.344 e. The van der Waals surface area contributed by atoms with Gasteiger partial charge in [0.1, 0.15) is 6.04 Å². The Labute approximate surface area is 340 Å². The lowest BCUT2D eigenvalue weighted by molar-refractivity contribution is -0.156. The van der Waals surface area contributed by atoms with Gasteiger partial charge in [-0.3, -0.25) is 24.1 Å². The zero-order valence-electron chi connectivity index (χ0n) is 32.5. The maximum atomic E-state index is 14.1. The van der Waals surface area contributed by atoms with Crippen LogP contribution < -0.4 is 10.6 Å². The molecule has 2 unspecified atom stereocenters. The summed E-state index contributed by atoms with van der Waals surface area (Å²) in [4.78, 5) is 49.3. The molecule has 3 aliphatic rings. The number of nitrogens with one attached hydrogen (secondary N) is 2. The summed E-state index contributed by atoms with van der Waals surface area (Å²) in [6.45, 7) is 6.09. The van der Waals surface area contributed by atoms with Crippen LogP contribution >= 0.6 is 11.6 Å². The first kappa shape index (κ1) is 48.8. The molecular formula is C39H52ClF6N5O6S. The van der Waals surface area contributed by atoms with Gasteiger partial charge in [-0.15, -0.1) is 0 Å². The molecule has 1 saturated carbocycles. The van der Waals surface area contributed by atoms with Gasteiger partial charge in [0.2, 0.25) is 34.4 Å². The van der Waals surface area contributed by atoms with Crippen LogP contribution in [0.5, 0.6) is 0 Å². The molecule has 0 aromatic heterocycles. The highest BCUT2D eigenvalue weighted by Crippen LogP contribution is 2.31. The van der Waals surface area contributed by atoms with Crippen LogP contribution in [0.1, 0.15) is 68.2 Å². The highest BCUT2D eigenvalue weighted by molar-refractivity contribution is 7.88. The molecule has 2 amide bonds. The fourth-order valence-corrected chi connectivity index (χ4v) is 8.57. The third kappa shape index (κ3) is 16.6. The third-order valence-electron chi connectivity index (χ3n) is 10.4. The molecule has 3 atom stereocenters. The van der Waals surface area contributed by atoms with Crippen molar-refractivity contribution >= 4 is 46.0 Å². The Hall–Kier alpha value is -3.58. The normalized spacial score (nSPS) is 19.0. The summed E-state index contributed by atoms with van der Waals surface area (Å²) in [5, 5.41) is 7.20. The van der Waals surface area contributed by atoms with E-state index >= 15 is 0 Å². The summed E-state index contributed by atoms with van der Waals surface area (Å²) in [7, 11) is -3.31. The monoisotopic (exact) mass is 867 g/mol. The molecule has 11 nitrogen and oxygen atoms in total. The molecule has 1 aliphatic carbocycles. The van der Waals surface area contributed by atoms with Gasteiger partial charge in [0.15, 0.2) is 0 Å². The topological polar surface area (TPSA) is 136 Å². The largest absolute Gasteiger partial charge is 0.446 e. The number of halogens is 7. The van der Waals surface area contributed by atoms with Gasteiger partial charge >= 0.3 is 12.4 Å². The number of sulfonamides is 1. The van der Waals surface area contributed by atoms with Crippen LogP contribution in [0.25, 0.3) is 0 Å². The lowest BCUT2D eigenvalue weighted by atomic mass is 9.83. The SMILES string of the molecule is CCN(CC(C1CCCCC1)N1CCN(C(=O)[C@@H](Cc2ccc(Cl)cc2)NC(=O)CC2NCCc3ccccc32)CC1)S(C)(=O)=O.O=CC(F)(F)F.O=CC(F)(F)F. The van der Waals surface area contributed by atoms with Gasteiger partial charge in [-0.25, -0.2) is 12.7 Å². The van der Waals surface area contributed by atoms with E-state index in [2.05, 4.69) is 27.7 Å². The van der Waals surface area contributed by atoms with Crippen LogP contribution in [-0.2, 0) is 42.0 Å². The molecule has 2 aliphatic heterocycles. The highest BCUT2D eigenvalue weighted by Gasteiger charge is 2.36. The predicted molar refractivity (Wildman–Crippen MR) is 207 cm³/mol. The minimum absolute atomic E-state index is 0.0829. The maximum absolute atomic E-state index is 14.1. The number of hydrogen-bond acceptors (Lipinski definition) is 8. The van der Waals surface area contributed by atoms with Gasteiger partial charge in [-0.2, -0.15) is 26.3 Å². The summed E-state index contributed by atoms with van der Waals surface area (Å²) in [6, 6.07) is 15.0. The van der Waals surface area contributed by atoms with Crippen LogP contribution in [-0.4, -0.2) is 123 Å². The highest BCUT2D eigenvalue weighted by atomic mass is 35.5. The first-order valence-electron chi connectivity index (χ1n) is 19.1. The van der Waals surface area contributed by atoms with Crippen molar-refractivity contribution in [3.63, 3.8) is 0 Å². The van der Waals surface area contributed by atoms with Gasteiger partial charge in [-0.05, 0) is 60.5 Å². The number of carbonyl (C=O) groups excluding carboxylic acids is 4. The summed E-state index contributed by atoms with van der Waals surface area (Å²) >= 11 is 6.13. The third-order valence-corrected chi connectivity index (χ3v) is 12.0. The number of aldehydes is 2. The van der Waals surface area contributed by atoms with Crippen molar-refractivity contribution in [2.24, 2.45) is 5.92 Å². The van der Waals surface area contributed by atoms with Gasteiger partial charge in [0.25, 0.3) is 0 Å². The number of benzene rings is 2. The molecule has 0 bridgehead atoms. The van der Waals surface area contributed by atoms with Crippen LogP contribution in [0.2, 0.25) is 5.02 Å². The van der Waals surface area contributed by atoms with Crippen molar-refractivity contribution in [1.29, 1.82) is 0 Å². The van der Waals surface area contributed by atoms with Gasteiger partial charge < -0.3 is 15.5 Å². The number of rotatable bonds is 12. The van der Waals surface area contributed by atoms with E-state index in [1.807, 2.05) is 48.2 Å². The molecular weight excluding hydrogens is 816 g/mol. The van der Waals surface area contributed by atoms with Crippen LogP contribution in [0.3, 0.4) is 0 Å². The summed E-state index contributed by atoms with van der Waals surface area (Å²) in [5.41, 5.74) is 3.34. The number of amides is 2. The lowest BCUT2D eigenvalue weighted by Crippen LogP contribution is -2.59. The van der Waals surface area contributed by atoms with Crippen molar-refractivity contribution in [1.82, 2.24) is 24.7 Å². The maximum Gasteiger partial charge on any atom is 0.446 e. The molecule has 0 radical (unpaired) electrons. The van der Waals surface area contributed by atoms with Crippen LogP contribution in [0.15, 0.2) is 48.5 Å². The van der Waals surface area contributed by atoms with E-state index < -0.39 is 41.0 Å². The van der Waals surface area contributed by atoms with Gasteiger partial charge in [0, 0.05) is 69.2 Å². The van der Waals surface area contributed by atoms with E-state index in [-0.39, 0.29) is 30.3 Å². The van der Waals surface area contributed by atoms with Crippen molar-refractivity contribution in [2.45, 2.75) is 88.8 Å². The Bertz CT molecular complexity index is 1720. The minimum atomic E-state index is -4.64. The molecule has 2 aromatic carbocycles. The van der Waals surface area contributed by atoms with Crippen LogP contribution in [0.4, 0.5) is 26.3 Å². The van der Waals surface area contributed by atoms with Crippen molar-refractivity contribution in [3.05, 3.63) is 70.2 Å². The first-order valence-corrected chi connectivity index (χ1v) is 21.4. The lowest BCUT2D eigenvalue weighted by Gasteiger charge is -2.45. The molecule has 1 saturated heterocycles. The molecule has 324 valence electrons. The van der Waals surface area contributed by atoms with E-state index in [0.29, 0.717) is 56.6 Å². The molecule has 2 aromatic rings. The Balaban J connectivity index is 0.000000654. The van der Waals surface area contributed by atoms with E-state index in [9.17, 15) is 44.3 Å². The number of hydrogen-bond donors (Lipinski definition) is 2. The molecule has 2 N–H and O–H groups in total. The zero-order valence-corrected chi connectivity index (χ0v) is 34.1. The van der Waals surface area contributed by atoms with Gasteiger partial charge in [0.05, 0.1) is 6.26 Å². The number of carbonyl (C=O) groups is 4. The number of alkyl halides is 6. The van der Waals surface area contributed by atoms with Gasteiger partial charge in [-0.1, -0.05) is 74.2 Å². The van der Waals surface area contributed by atoms with Crippen LogP contribution in [0, 0.1) is 5.92 Å². The number of nitrogens with zero attached hydrogens (tertiary/aromatic N) is 3. The fourth-order valence-electron chi connectivity index (χ4n) is 7.55. The molecule has 5 rings (SSSR count). The average molecular weight is 868 g/mol. The summed E-state index contributed by atoms with van der Waals surface area (Å²) < 4.78 is 89.2. The molecule has 58 heavy (non-hydrogen) atoms. The Kier molecular flexibility index (Phi) is 19.1. The van der Waals surface area contributed by atoms with E-state index in [1.54, 1.807) is 4.31 Å². The van der Waals surface area contributed by atoms with Crippen molar-refractivity contribution in [3.8, 4) is 0 Å². The molecule has 2 heterocycles. The number of fused-ring (bicyclic) bond motifs is 1. The number of likely N-dealkylation sites (N-methyl/N-ethyl adjacent to an activating group) is 1. The second-order valence-electron chi connectivity index (χ2n) is 14.5. The Morgan fingerprint density at radius 3 is 2.03 bits per heavy atom. The fraction of sp³-hybridized carbons (Fsp3) is 0.590. The first-order chi connectivity index (χ1) is 27.2.